The highest BCUT2D eigenvalue weighted by Gasteiger charge is 2.20. The summed E-state index contributed by atoms with van der Waals surface area (Å²) in [4.78, 5) is 4.41. The number of aromatic nitrogens is 3. The second-order valence-corrected chi connectivity index (χ2v) is 7.36. The Hall–Kier alpha value is -2.33. The lowest BCUT2D eigenvalue weighted by atomic mass is 10.1. The highest BCUT2D eigenvalue weighted by molar-refractivity contribution is 6.33. The Kier molecular flexibility index (Phi) is 4.93. The minimum absolute atomic E-state index is 0.742. The highest BCUT2D eigenvalue weighted by Crippen LogP contribution is 2.32. The van der Waals surface area contributed by atoms with E-state index in [-0.39, 0.29) is 0 Å². The maximum absolute atomic E-state index is 6.53. The third-order valence-corrected chi connectivity index (χ3v) is 5.04. The molecule has 0 atom stereocenters. The summed E-state index contributed by atoms with van der Waals surface area (Å²) < 4.78 is 1.88. The topological polar surface area (TPSA) is 42.7 Å². The first-order valence-electron chi connectivity index (χ1n) is 9.26. The molecule has 26 heavy (non-hydrogen) atoms. The van der Waals surface area contributed by atoms with Crippen molar-refractivity contribution < 1.29 is 0 Å². The molecule has 3 aromatic rings. The molecule has 0 spiro atoms. The fraction of sp³-hybridized carbons (Fsp3) is 0.333. The monoisotopic (exact) mass is 366 g/mol. The molecular formula is C21H23ClN4. The fourth-order valence-electron chi connectivity index (χ4n) is 3.05. The zero-order valence-electron chi connectivity index (χ0n) is 15.0. The van der Waals surface area contributed by atoms with E-state index in [0.29, 0.717) is 0 Å². The second-order valence-electron chi connectivity index (χ2n) is 6.95. The summed E-state index contributed by atoms with van der Waals surface area (Å²) in [7, 11) is 0. The molecule has 0 aliphatic heterocycles. The number of benzene rings is 1. The van der Waals surface area contributed by atoms with Crippen molar-refractivity contribution in [1.82, 2.24) is 14.8 Å². The van der Waals surface area contributed by atoms with Crippen LogP contribution in [0.4, 0.5) is 5.69 Å². The summed E-state index contributed by atoms with van der Waals surface area (Å²) in [6.45, 7) is 3.20. The van der Waals surface area contributed by atoms with Crippen molar-refractivity contribution >= 4 is 17.3 Å². The normalized spacial score (nSPS) is 13.8. The number of nitrogens with one attached hydrogen (secondary N) is 1. The van der Waals surface area contributed by atoms with Gasteiger partial charge in [0.2, 0.25) is 0 Å². The van der Waals surface area contributed by atoms with Gasteiger partial charge >= 0.3 is 0 Å². The van der Waals surface area contributed by atoms with Crippen molar-refractivity contribution in [2.75, 3.05) is 11.9 Å². The largest absolute Gasteiger partial charge is 0.385 e. The van der Waals surface area contributed by atoms with Crippen LogP contribution in [0.25, 0.3) is 16.8 Å². The van der Waals surface area contributed by atoms with Crippen LogP contribution >= 0.6 is 11.6 Å². The van der Waals surface area contributed by atoms with Crippen LogP contribution in [-0.4, -0.2) is 21.3 Å². The second kappa shape index (κ2) is 7.50. The summed E-state index contributed by atoms with van der Waals surface area (Å²) in [5.74, 6) is 0.838. The van der Waals surface area contributed by atoms with E-state index < -0.39 is 0 Å². The van der Waals surface area contributed by atoms with Gasteiger partial charge in [-0.1, -0.05) is 31.0 Å². The first kappa shape index (κ1) is 17.1. The fourth-order valence-corrected chi connectivity index (χ4v) is 3.34. The number of rotatable bonds is 7. The van der Waals surface area contributed by atoms with E-state index in [1.54, 1.807) is 0 Å². The quantitative estimate of drug-likeness (QED) is 0.611. The molecule has 1 aliphatic carbocycles. The summed E-state index contributed by atoms with van der Waals surface area (Å²) in [5, 5.41) is 8.72. The summed E-state index contributed by atoms with van der Waals surface area (Å²) >= 11 is 6.53. The van der Waals surface area contributed by atoms with E-state index in [0.717, 1.165) is 58.5 Å². The molecule has 1 saturated carbocycles. The molecule has 1 aliphatic rings. The molecule has 4 nitrogen and oxygen atoms in total. The molecular weight excluding hydrogens is 344 g/mol. The minimum Gasteiger partial charge on any atom is -0.385 e. The van der Waals surface area contributed by atoms with Crippen molar-refractivity contribution in [1.29, 1.82) is 0 Å². The van der Waals surface area contributed by atoms with Crippen molar-refractivity contribution in [3.05, 3.63) is 59.6 Å². The molecule has 0 unspecified atom stereocenters. The Bertz CT molecular complexity index is 899. The number of halogens is 1. The Labute approximate surface area is 159 Å². The molecule has 134 valence electrons. The van der Waals surface area contributed by atoms with Gasteiger partial charge in [-0.25, -0.2) is 4.68 Å². The average molecular weight is 367 g/mol. The third-order valence-electron chi connectivity index (χ3n) is 4.73. The van der Waals surface area contributed by atoms with E-state index in [2.05, 4.69) is 40.5 Å². The maximum atomic E-state index is 6.53. The molecule has 1 fully saturated rings. The number of pyridine rings is 1. The Morgan fingerprint density at radius 2 is 2.12 bits per heavy atom. The van der Waals surface area contributed by atoms with Gasteiger partial charge in [-0.15, -0.1) is 0 Å². The number of hydrogen-bond donors (Lipinski definition) is 1. The van der Waals surface area contributed by atoms with Gasteiger partial charge in [-0.3, -0.25) is 4.98 Å². The van der Waals surface area contributed by atoms with Gasteiger partial charge in [-0.05, 0) is 49.4 Å². The average Bonchev–Trinajstić information content (AvgIpc) is 3.35. The van der Waals surface area contributed by atoms with Crippen LogP contribution in [0.2, 0.25) is 5.02 Å². The van der Waals surface area contributed by atoms with Gasteiger partial charge in [0.05, 0.1) is 16.9 Å². The van der Waals surface area contributed by atoms with E-state index >= 15 is 0 Å². The van der Waals surface area contributed by atoms with Crippen molar-refractivity contribution in [2.45, 2.75) is 32.6 Å². The molecule has 2 aromatic heterocycles. The van der Waals surface area contributed by atoms with Crippen LogP contribution in [0.15, 0.2) is 48.9 Å². The predicted molar refractivity (Wildman–Crippen MR) is 107 cm³/mol. The maximum Gasteiger partial charge on any atom is 0.0679 e. The summed E-state index contributed by atoms with van der Waals surface area (Å²) in [6.07, 6.45) is 10.5. The van der Waals surface area contributed by atoms with Crippen LogP contribution in [0.5, 0.6) is 0 Å². The first-order valence-corrected chi connectivity index (χ1v) is 9.64. The number of aryl methyl sites for hydroxylation is 1. The van der Waals surface area contributed by atoms with E-state index in [1.165, 1.54) is 12.8 Å². The van der Waals surface area contributed by atoms with Crippen LogP contribution in [0.3, 0.4) is 0 Å². The van der Waals surface area contributed by atoms with Gasteiger partial charge < -0.3 is 5.32 Å². The van der Waals surface area contributed by atoms with E-state index in [1.807, 2.05) is 35.4 Å². The van der Waals surface area contributed by atoms with Crippen LogP contribution in [0.1, 0.15) is 31.9 Å². The molecule has 0 amide bonds. The summed E-state index contributed by atoms with van der Waals surface area (Å²) in [6, 6.07) is 10.2. The first-order chi connectivity index (χ1) is 12.7. The molecule has 0 saturated heterocycles. The van der Waals surface area contributed by atoms with Gasteiger partial charge in [-0.2, -0.15) is 5.10 Å². The Morgan fingerprint density at radius 1 is 1.23 bits per heavy atom. The molecule has 1 N–H and O–H groups in total. The van der Waals surface area contributed by atoms with Gasteiger partial charge in [0, 0.05) is 41.4 Å². The Balaban J connectivity index is 1.54. The van der Waals surface area contributed by atoms with Gasteiger partial charge in [0.1, 0.15) is 0 Å². The SMILES string of the molecule is CCCc1cc(-n2cc(-c3ccc(NCC4CC4)cc3Cl)cn2)ccn1. The van der Waals surface area contributed by atoms with Crippen molar-refractivity contribution in [3.63, 3.8) is 0 Å². The van der Waals surface area contributed by atoms with E-state index in [9.17, 15) is 0 Å². The van der Waals surface area contributed by atoms with Crippen LogP contribution in [0, 0.1) is 5.92 Å². The van der Waals surface area contributed by atoms with Crippen molar-refractivity contribution in [3.8, 4) is 16.8 Å². The third kappa shape index (κ3) is 3.91. The molecule has 2 heterocycles. The molecule has 0 bridgehead atoms. The van der Waals surface area contributed by atoms with Crippen LogP contribution < -0.4 is 5.32 Å². The lowest BCUT2D eigenvalue weighted by Gasteiger charge is -2.08. The molecule has 4 rings (SSSR count). The summed E-state index contributed by atoms with van der Waals surface area (Å²) in [5.41, 5.74) is 5.20. The lowest BCUT2D eigenvalue weighted by Crippen LogP contribution is -2.02. The zero-order valence-corrected chi connectivity index (χ0v) is 15.7. The molecule has 0 radical (unpaired) electrons. The van der Waals surface area contributed by atoms with Gasteiger partial charge in [0.15, 0.2) is 0 Å². The number of nitrogens with zero attached hydrogens (tertiary/aromatic N) is 3. The molecule has 5 heteroatoms. The van der Waals surface area contributed by atoms with Gasteiger partial charge in [0.25, 0.3) is 0 Å². The lowest BCUT2D eigenvalue weighted by molar-refractivity contribution is 0.848. The predicted octanol–water partition coefficient (Wildman–Crippen LogP) is 5.36. The van der Waals surface area contributed by atoms with Crippen molar-refractivity contribution in [2.24, 2.45) is 5.92 Å². The van der Waals surface area contributed by atoms with Crippen LogP contribution in [-0.2, 0) is 6.42 Å². The smallest absolute Gasteiger partial charge is 0.0679 e. The zero-order chi connectivity index (χ0) is 17.9. The Morgan fingerprint density at radius 3 is 2.88 bits per heavy atom. The molecule has 1 aromatic carbocycles. The van der Waals surface area contributed by atoms with E-state index in [4.69, 9.17) is 11.6 Å². The number of anilines is 1. The minimum atomic E-state index is 0.742. The highest BCUT2D eigenvalue weighted by atomic mass is 35.5. The number of hydrogen-bond acceptors (Lipinski definition) is 3. The standard InChI is InChI=1S/C21H23ClN4/c1-2-3-17-10-19(8-9-23-17)26-14-16(13-25-26)20-7-6-18(11-21(20)22)24-12-15-4-5-15/h6-11,13-15,24H,2-5,12H2,1H3.